The normalized spacial score (nSPS) is 35.5. The van der Waals surface area contributed by atoms with Gasteiger partial charge in [-0.25, -0.2) is 4.98 Å². The van der Waals surface area contributed by atoms with Gasteiger partial charge in [0.15, 0.2) is 0 Å². The number of methoxy groups -OCH3 is 1. The highest BCUT2D eigenvalue weighted by atomic mass is 16.5. The molecule has 7 atom stereocenters. The highest BCUT2D eigenvalue weighted by Crippen LogP contribution is 2.65. The van der Waals surface area contributed by atoms with Gasteiger partial charge in [-0.2, -0.15) is 0 Å². The Morgan fingerprint density at radius 2 is 1.97 bits per heavy atom. The zero-order chi connectivity index (χ0) is 27.1. The minimum absolute atomic E-state index is 0.00335. The van der Waals surface area contributed by atoms with Crippen LogP contribution in [0.25, 0.3) is 0 Å². The smallest absolute Gasteiger partial charge is 0.255 e. The number of amides is 3. The number of nitrogens with one attached hydrogen (secondary N) is 2. The molecule has 3 fully saturated rings. The number of carbonyl (C=O) groups is 3. The molecule has 3 aliphatic carbocycles. The van der Waals surface area contributed by atoms with Crippen molar-refractivity contribution in [3.05, 3.63) is 36.0 Å². The van der Waals surface area contributed by atoms with Crippen molar-refractivity contribution in [1.82, 2.24) is 15.2 Å². The first-order valence-corrected chi connectivity index (χ1v) is 14.2. The van der Waals surface area contributed by atoms with Crippen LogP contribution in [0.15, 0.2) is 30.5 Å². The van der Waals surface area contributed by atoms with Crippen LogP contribution in [0.3, 0.4) is 0 Å². The Bertz CT molecular complexity index is 1100. The summed E-state index contributed by atoms with van der Waals surface area (Å²) in [5.41, 5.74) is 0.686. The van der Waals surface area contributed by atoms with Gasteiger partial charge in [-0.3, -0.25) is 14.4 Å². The summed E-state index contributed by atoms with van der Waals surface area (Å²) in [6.07, 6.45) is 12.7. The van der Waals surface area contributed by atoms with E-state index in [4.69, 9.17) is 4.74 Å². The molecule has 0 spiro atoms. The van der Waals surface area contributed by atoms with Gasteiger partial charge < -0.3 is 20.3 Å². The molecule has 0 aromatic carbocycles. The number of likely N-dealkylation sites (N-methyl/N-ethyl adjacent to an activating group) is 1. The summed E-state index contributed by atoms with van der Waals surface area (Å²) < 4.78 is 5.04. The number of rotatable bonds is 7. The minimum atomic E-state index is -0.123. The van der Waals surface area contributed by atoms with Crippen LogP contribution in [0, 0.1) is 34.5 Å². The Labute approximate surface area is 226 Å². The predicted octanol–water partition coefficient (Wildman–Crippen LogP) is 4.04. The standard InChI is InChI=1S/C30H42N4O4/c1-29-13-11-23-21(7-9-24-30(23,2)14-12-26(35)32-24)22(29)8-6-20(29)17-27(36)33-25-10-5-19(18-31-25)28(37)34(3)15-16-38-4/h5,10,12,14,18,20-24H,6-9,11,13,15-17H2,1-4H3,(H,32,35)(H,31,33,36)/t20-,21+,22+,23+,24-,29-,30-/m1/s1. The number of aromatic nitrogens is 1. The van der Waals surface area contributed by atoms with Crippen LogP contribution in [0.2, 0.25) is 0 Å². The number of anilines is 1. The number of hydrogen-bond donors (Lipinski definition) is 2. The lowest BCUT2D eigenvalue weighted by molar-refractivity contribution is -0.123. The van der Waals surface area contributed by atoms with E-state index in [1.54, 1.807) is 37.3 Å². The molecule has 0 bridgehead atoms. The predicted molar refractivity (Wildman–Crippen MR) is 145 cm³/mol. The summed E-state index contributed by atoms with van der Waals surface area (Å²) in [4.78, 5) is 43.5. The van der Waals surface area contributed by atoms with E-state index in [2.05, 4.69) is 35.5 Å². The number of pyridine rings is 1. The third-order valence-electron chi connectivity index (χ3n) is 10.6. The SMILES string of the molecule is COCCN(C)C(=O)c1ccc(NC(=O)C[C@H]2CC[C@H]3[C@@H]4CC[C@H]5NC(=O)C=C[C@]5(C)[C@H]4CC[C@]23C)nc1. The van der Waals surface area contributed by atoms with Crippen LogP contribution in [0.5, 0.6) is 0 Å². The van der Waals surface area contributed by atoms with E-state index < -0.39 is 0 Å². The molecule has 0 radical (unpaired) electrons. The van der Waals surface area contributed by atoms with Gasteiger partial charge in [0.05, 0.1) is 12.2 Å². The Kier molecular flexibility index (Phi) is 7.37. The van der Waals surface area contributed by atoms with Crippen LogP contribution < -0.4 is 10.6 Å². The first-order valence-electron chi connectivity index (χ1n) is 14.2. The van der Waals surface area contributed by atoms with Crippen molar-refractivity contribution in [2.45, 2.75) is 64.8 Å². The lowest BCUT2D eigenvalue weighted by atomic mass is 9.48. The van der Waals surface area contributed by atoms with E-state index in [9.17, 15) is 14.4 Å². The maximum Gasteiger partial charge on any atom is 0.255 e. The van der Waals surface area contributed by atoms with E-state index >= 15 is 0 Å². The molecule has 3 amide bonds. The molecule has 0 saturated heterocycles. The van der Waals surface area contributed by atoms with Crippen molar-refractivity contribution in [2.75, 3.05) is 32.6 Å². The summed E-state index contributed by atoms with van der Waals surface area (Å²) >= 11 is 0. The van der Waals surface area contributed by atoms with Gasteiger partial charge in [-0.15, -0.1) is 0 Å². The summed E-state index contributed by atoms with van der Waals surface area (Å²) in [6.45, 7) is 5.74. The van der Waals surface area contributed by atoms with Crippen molar-refractivity contribution in [2.24, 2.45) is 34.5 Å². The van der Waals surface area contributed by atoms with Crippen LogP contribution in [0.1, 0.15) is 69.2 Å². The molecule has 5 rings (SSSR count). The van der Waals surface area contributed by atoms with E-state index in [1.807, 2.05) is 0 Å². The van der Waals surface area contributed by atoms with E-state index in [0.29, 0.717) is 54.6 Å². The number of hydrogen-bond acceptors (Lipinski definition) is 5. The fraction of sp³-hybridized carbons (Fsp3) is 0.667. The highest BCUT2D eigenvalue weighted by molar-refractivity contribution is 5.94. The lowest BCUT2D eigenvalue weighted by Crippen LogP contribution is -2.59. The number of carbonyl (C=O) groups excluding carboxylic acids is 3. The second-order valence-electron chi connectivity index (χ2n) is 12.4. The Balaban J connectivity index is 1.20. The van der Waals surface area contributed by atoms with E-state index in [-0.39, 0.29) is 34.6 Å². The quantitative estimate of drug-likeness (QED) is 0.563. The first kappa shape index (κ1) is 26.9. The van der Waals surface area contributed by atoms with Gasteiger partial charge >= 0.3 is 0 Å². The maximum absolute atomic E-state index is 13.1. The largest absolute Gasteiger partial charge is 0.383 e. The first-order chi connectivity index (χ1) is 18.2. The van der Waals surface area contributed by atoms with Gasteiger partial charge in [0, 0.05) is 44.8 Å². The summed E-state index contributed by atoms with van der Waals surface area (Å²) in [6, 6.07) is 3.66. The molecule has 2 N–H and O–H groups in total. The maximum atomic E-state index is 13.1. The van der Waals surface area contributed by atoms with E-state index in [1.165, 1.54) is 12.6 Å². The van der Waals surface area contributed by atoms with Crippen LogP contribution in [-0.4, -0.2) is 61.0 Å². The Morgan fingerprint density at radius 1 is 1.16 bits per heavy atom. The summed E-state index contributed by atoms with van der Waals surface area (Å²) in [5.74, 6) is 2.62. The second-order valence-corrected chi connectivity index (χ2v) is 12.4. The number of fused-ring (bicyclic) bond motifs is 5. The van der Waals surface area contributed by atoms with Crippen LogP contribution in [0.4, 0.5) is 5.82 Å². The number of ether oxygens (including phenoxy) is 1. The molecule has 8 heteroatoms. The van der Waals surface area contributed by atoms with Gasteiger partial charge in [0.2, 0.25) is 11.8 Å². The summed E-state index contributed by atoms with van der Waals surface area (Å²) in [7, 11) is 3.34. The average molecular weight is 523 g/mol. The van der Waals surface area contributed by atoms with Gasteiger partial charge in [-0.1, -0.05) is 19.9 Å². The van der Waals surface area contributed by atoms with Crippen molar-refractivity contribution in [3.8, 4) is 0 Å². The van der Waals surface area contributed by atoms with Crippen molar-refractivity contribution in [3.63, 3.8) is 0 Å². The fourth-order valence-electron chi connectivity index (χ4n) is 8.34. The van der Waals surface area contributed by atoms with Crippen molar-refractivity contribution >= 4 is 23.5 Å². The monoisotopic (exact) mass is 522 g/mol. The molecule has 0 unspecified atom stereocenters. The average Bonchev–Trinajstić information content (AvgIpc) is 3.23. The van der Waals surface area contributed by atoms with Gasteiger partial charge in [0.25, 0.3) is 5.91 Å². The van der Waals surface area contributed by atoms with Gasteiger partial charge in [0.1, 0.15) is 5.82 Å². The Morgan fingerprint density at radius 3 is 2.71 bits per heavy atom. The molecular weight excluding hydrogens is 480 g/mol. The molecule has 3 saturated carbocycles. The molecule has 206 valence electrons. The second kappa shape index (κ2) is 10.4. The molecule has 1 aromatic rings. The van der Waals surface area contributed by atoms with Crippen LogP contribution in [-0.2, 0) is 14.3 Å². The third kappa shape index (κ3) is 4.76. The topological polar surface area (TPSA) is 101 Å². The molecule has 8 nitrogen and oxygen atoms in total. The molecular formula is C30H42N4O4. The molecule has 1 aliphatic heterocycles. The third-order valence-corrected chi connectivity index (χ3v) is 10.6. The zero-order valence-electron chi connectivity index (χ0n) is 23.2. The molecule has 38 heavy (non-hydrogen) atoms. The van der Waals surface area contributed by atoms with Crippen molar-refractivity contribution in [1.29, 1.82) is 0 Å². The zero-order valence-corrected chi connectivity index (χ0v) is 23.2. The lowest BCUT2D eigenvalue weighted by Gasteiger charge is -2.59. The highest BCUT2D eigenvalue weighted by Gasteiger charge is 2.59. The minimum Gasteiger partial charge on any atom is -0.383 e. The fourth-order valence-corrected chi connectivity index (χ4v) is 8.34. The number of nitrogens with zero attached hydrogens (tertiary/aromatic N) is 2. The van der Waals surface area contributed by atoms with E-state index in [0.717, 1.165) is 32.1 Å². The Hall–Kier alpha value is -2.74. The van der Waals surface area contributed by atoms with Crippen LogP contribution >= 0.6 is 0 Å². The molecule has 1 aromatic heterocycles. The summed E-state index contributed by atoms with van der Waals surface area (Å²) in [5, 5.41) is 6.20. The van der Waals surface area contributed by atoms with Gasteiger partial charge in [-0.05, 0) is 85.8 Å². The molecule has 2 heterocycles. The van der Waals surface area contributed by atoms with Crippen molar-refractivity contribution < 1.29 is 19.1 Å². The molecule has 4 aliphatic rings.